The van der Waals surface area contributed by atoms with E-state index in [4.69, 9.17) is 16.3 Å². The second kappa shape index (κ2) is 7.49. The molecule has 0 aliphatic carbocycles. The Morgan fingerprint density at radius 3 is 2.92 bits per heavy atom. The number of carbonyl (C=O) groups excluding carboxylic acids is 1. The molecule has 6 nitrogen and oxygen atoms in total. The van der Waals surface area contributed by atoms with E-state index < -0.39 is 0 Å². The van der Waals surface area contributed by atoms with Gasteiger partial charge in [-0.3, -0.25) is 0 Å². The van der Waals surface area contributed by atoms with Crippen LogP contribution < -0.4 is 10.1 Å². The number of ether oxygens (including phenoxy) is 1. The monoisotopic (exact) mass is 346 g/mol. The number of hydrogen-bond acceptors (Lipinski definition) is 4. The van der Waals surface area contributed by atoms with Crippen molar-refractivity contribution in [1.29, 1.82) is 0 Å². The maximum Gasteiger partial charge on any atom is 0.317 e. The van der Waals surface area contributed by atoms with Gasteiger partial charge in [-0.2, -0.15) is 4.98 Å². The van der Waals surface area contributed by atoms with Crippen molar-refractivity contribution in [2.24, 2.45) is 0 Å². The number of amides is 2. The third-order valence-electron chi connectivity index (χ3n) is 3.83. The molecule has 7 heteroatoms. The highest BCUT2D eigenvalue weighted by molar-refractivity contribution is 6.30. The second-order valence-corrected chi connectivity index (χ2v) is 6.14. The summed E-state index contributed by atoms with van der Waals surface area (Å²) in [6, 6.07) is 9.07. The van der Waals surface area contributed by atoms with Gasteiger partial charge in [-0.05, 0) is 24.6 Å². The van der Waals surface area contributed by atoms with Gasteiger partial charge in [0, 0.05) is 36.8 Å². The first-order valence-electron chi connectivity index (χ1n) is 7.83. The minimum atomic E-state index is -0.0880. The molecule has 3 rings (SSSR count). The molecule has 1 unspecified atom stereocenters. The molecule has 2 aromatic rings. The number of urea groups is 1. The molecule has 0 spiro atoms. The molecule has 1 aliphatic rings. The molecule has 1 aromatic carbocycles. The van der Waals surface area contributed by atoms with Crippen molar-refractivity contribution in [2.75, 3.05) is 13.1 Å². The summed E-state index contributed by atoms with van der Waals surface area (Å²) in [4.78, 5) is 22.3. The van der Waals surface area contributed by atoms with Crippen LogP contribution in [0, 0.1) is 6.92 Å². The predicted octanol–water partition coefficient (Wildman–Crippen LogP) is 2.80. The topological polar surface area (TPSA) is 67.3 Å². The molecule has 1 saturated heterocycles. The number of nitrogens with one attached hydrogen (secondary N) is 1. The van der Waals surface area contributed by atoms with Gasteiger partial charge < -0.3 is 15.0 Å². The average Bonchev–Trinajstić information content (AvgIpc) is 3.03. The van der Waals surface area contributed by atoms with E-state index in [2.05, 4.69) is 15.3 Å². The molecule has 2 heterocycles. The van der Waals surface area contributed by atoms with E-state index >= 15 is 0 Å². The average molecular weight is 347 g/mol. The number of rotatable bonds is 4. The van der Waals surface area contributed by atoms with Gasteiger partial charge in [0.05, 0.1) is 6.54 Å². The maximum absolute atomic E-state index is 12.2. The van der Waals surface area contributed by atoms with Crippen LogP contribution in [0.1, 0.15) is 17.8 Å². The Hall–Kier alpha value is -2.34. The van der Waals surface area contributed by atoms with Crippen molar-refractivity contribution >= 4 is 17.6 Å². The fourth-order valence-electron chi connectivity index (χ4n) is 2.57. The number of carbonyl (C=O) groups is 1. The van der Waals surface area contributed by atoms with Crippen LogP contribution in [0.25, 0.3) is 0 Å². The lowest BCUT2D eigenvalue weighted by Crippen LogP contribution is -2.39. The van der Waals surface area contributed by atoms with Gasteiger partial charge in [0.2, 0.25) is 5.88 Å². The summed E-state index contributed by atoms with van der Waals surface area (Å²) in [7, 11) is 0. The van der Waals surface area contributed by atoms with E-state index in [1.807, 2.05) is 31.2 Å². The first-order chi connectivity index (χ1) is 11.6. The minimum Gasteiger partial charge on any atom is -0.472 e. The molecular weight excluding hydrogens is 328 g/mol. The van der Waals surface area contributed by atoms with E-state index in [0.717, 1.165) is 12.0 Å². The Balaban J connectivity index is 1.48. The molecule has 1 N–H and O–H groups in total. The fourth-order valence-corrected chi connectivity index (χ4v) is 2.70. The summed E-state index contributed by atoms with van der Waals surface area (Å²) in [5.41, 5.74) is 1.01. The molecule has 0 saturated carbocycles. The van der Waals surface area contributed by atoms with Gasteiger partial charge >= 0.3 is 6.03 Å². The molecule has 1 atom stereocenters. The largest absolute Gasteiger partial charge is 0.472 e. The number of aromatic nitrogens is 2. The van der Waals surface area contributed by atoms with E-state index in [1.165, 1.54) is 0 Å². The number of benzene rings is 1. The summed E-state index contributed by atoms with van der Waals surface area (Å²) in [6.07, 6.45) is 2.42. The Labute approximate surface area is 145 Å². The Morgan fingerprint density at radius 1 is 1.38 bits per heavy atom. The van der Waals surface area contributed by atoms with Crippen LogP contribution in [0.15, 0.2) is 36.5 Å². The van der Waals surface area contributed by atoms with Crippen molar-refractivity contribution in [3.8, 4) is 5.88 Å². The first kappa shape index (κ1) is 16.5. The standard InChI is InChI=1S/C17H19ClN4O2/c1-12-19-8-6-16(21-12)24-15-7-9-22(11-15)17(23)20-10-13-2-4-14(18)5-3-13/h2-6,8,15H,7,9-11H2,1H3,(H,20,23). The maximum atomic E-state index is 12.2. The lowest BCUT2D eigenvalue weighted by molar-refractivity contribution is 0.182. The smallest absolute Gasteiger partial charge is 0.317 e. The number of nitrogens with zero attached hydrogens (tertiary/aromatic N) is 3. The fraction of sp³-hybridized carbons (Fsp3) is 0.353. The highest BCUT2D eigenvalue weighted by Gasteiger charge is 2.27. The quantitative estimate of drug-likeness (QED) is 0.924. The zero-order valence-corrected chi connectivity index (χ0v) is 14.2. The Bertz CT molecular complexity index is 708. The van der Waals surface area contributed by atoms with Crippen LogP contribution in [-0.2, 0) is 6.54 Å². The van der Waals surface area contributed by atoms with E-state index in [1.54, 1.807) is 17.2 Å². The predicted molar refractivity (Wildman–Crippen MR) is 91.1 cm³/mol. The van der Waals surface area contributed by atoms with Gasteiger partial charge in [-0.15, -0.1) is 0 Å². The summed E-state index contributed by atoms with van der Waals surface area (Å²) in [5, 5.41) is 3.60. The zero-order valence-electron chi connectivity index (χ0n) is 13.4. The molecule has 1 fully saturated rings. The van der Waals surface area contributed by atoms with Crippen molar-refractivity contribution in [2.45, 2.75) is 26.0 Å². The molecule has 0 radical (unpaired) electrons. The van der Waals surface area contributed by atoms with Crippen LogP contribution in [0.2, 0.25) is 5.02 Å². The van der Waals surface area contributed by atoms with Crippen LogP contribution >= 0.6 is 11.6 Å². The van der Waals surface area contributed by atoms with Crippen LogP contribution in [0.4, 0.5) is 4.79 Å². The molecule has 1 aliphatic heterocycles. The molecule has 1 aromatic heterocycles. The summed E-state index contributed by atoms with van der Waals surface area (Å²) >= 11 is 5.85. The van der Waals surface area contributed by atoms with Gasteiger partial charge in [0.25, 0.3) is 0 Å². The highest BCUT2D eigenvalue weighted by atomic mass is 35.5. The molecular formula is C17H19ClN4O2. The van der Waals surface area contributed by atoms with E-state index in [-0.39, 0.29) is 12.1 Å². The summed E-state index contributed by atoms with van der Waals surface area (Å²) in [5.74, 6) is 1.22. The van der Waals surface area contributed by atoms with Gasteiger partial charge in [-0.1, -0.05) is 23.7 Å². The number of hydrogen-bond donors (Lipinski definition) is 1. The summed E-state index contributed by atoms with van der Waals surface area (Å²) in [6.45, 7) is 3.51. The Morgan fingerprint density at radius 2 is 2.17 bits per heavy atom. The van der Waals surface area contributed by atoms with Gasteiger partial charge in [0.15, 0.2) is 0 Å². The SMILES string of the molecule is Cc1nccc(OC2CCN(C(=O)NCc3ccc(Cl)cc3)C2)n1. The van der Waals surface area contributed by atoms with Crippen molar-refractivity contribution < 1.29 is 9.53 Å². The number of aryl methyl sites for hydroxylation is 1. The van der Waals surface area contributed by atoms with Crippen molar-refractivity contribution in [3.63, 3.8) is 0 Å². The number of likely N-dealkylation sites (tertiary alicyclic amines) is 1. The zero-order chi connectivity index (χ0) is 16.9. The minimum absolute atomic E-state index is 0.0411. The van der Waals surface area contributed by atoms with Crippen LogP contribution in [0.5, 0.6) is 5.88 Å². The molecule has 126 valence electrons. The normalized spacial score (nSPS) is 16.9. The van der Waals surface area contributed by atoms with Crippen molar-refractivity contribution in [3.05, 3.63) is 52.9 Å². The van der Waals surface area contributed by atoms with Crippen LogP contribution in [-0.4, -0.2) is 40.1 Å². The van der Waals surface area contributed by atoms with Crippen LogP contribution in [0.3, 0.4) is 0 Å². The highest BCUT2D eigenvalue weighted by Crippen LogP contribution is 2.16. The lowest BCUT2D eigenvalue weighted by Gasteiger charge is -2.17. The summed E-state index contributed by atoms with van der Waals surface area (Å²) < 4.78 is 5.83. The van der Waals surface area contributed by atoms with E-state index in [0.29, 0.717) is 36.4 Å². The second-order valence-electron chi connectivity index (χ2n) is 5.70. The lowest BCUT2D eigenvalue weighted by atomic mass is 10.2. The number of halogens is 1. The third kappa shape index (κ3) is 4.35. The third-order valence-corrected chi connectivity index (χ3v) is 4.08. The van der Waals surface area contributed by atoms with Crippen molar-refractivity contribution in [1.82, 2.24) is 20.2 Å². The first-order valence-corrected chi connectivity index (χ1v) is 8.21. The van der Waals surface area contributed by atoms with Gasteiger partial charge in [0.1, 0.15) is 11.9 Å². The van der Waals surface area contributed by atoms with Gasteiger partial charge in [-0.25, -0.2) is 9.78 Å². The molecule has 2 amide bonds. The molecule has 24 heavy (non-hydrogen) atoms. The van der Waals surface area contributed by atoms with E-state index in [9.17, 15) is 4.79 Å². The molecule has 0 bridgehead atoms. The Kier molecular flexibility index (Phi) is 5.15.